The molecule has 1 saturated heterocycles. The Hall–Kier alpha value is -1.67. The van der Waals surface area contributed by atoms with E-state index in [1.807, 2.05) is 0 Å². The summed E-state index contributed by atoms with van der Waals surface area (Å²) in [4.78, 5) is 32.8. The molecule has 8 heteroatoms. The Balaban J connectivity index is 2.70. The van der Waals surface area contributed by atoms with E-state index >= 15 is 0 Å². The molecule has 0 saturated carbocycles. The fourth-order valence-corrected chi connectivity index (χ4v) is 1.85. The van der Waals surface area contributed by atoms with Gasteiger partial charge in [-0.05, 0) is 0 Å². The van der Waals surface area contributed by atoms with Gasteiger partial charge >= 0.3 is 17.9 Å². The summed E-state index contributed by atoms with van der Waals surface area (Å²) in [5.74, 6) is -1.66. The molecule has 8 nitrogen and oxygen atoms in total. The molecule has 0 amide bonds. The maximum Gasteiger partial charge on any atom is 0.303 e. The van der Waals surface area contributed by atoms with Crippen LogP contribution in [0.5, 0.6) is 0 Å². The van der Waals surface area contributed by atoms with E-state index in [2.05, 4.69) is 0 Å². The maximum atomic E-state index is 11.1. The van der Waals surface area contributed by atoms with Gasteiger partial charge in [-0.3, -0.25) is 14.4 Å². The molecule has 1 N–H and O–H groups in total. The number of esters is 3. The SMILES string of the molecule is CC(=O)OCC1OC(O)C(OC(C)=O)CC1OC(C)=O. The molecule has 20 heavy (non-hydrogen) atoms. The molecule has 114 valence electrons. The van der Waals surface area contributed by atoms with E-state index in [1.54, 1.807) is 0 Å². The van der Waals surface area contributed by atoms with Gasteiger partial charge in [0.2, 0.25) is 0 Å². The van der Waals surface area contributed by atoms with Crippen LogP contribution in [0.3, 0.4) is 0 Å². The quantitative estimate of drug-likeness (QED) is 0.546. The molecular weight excluding hydrogens is 272 g/mol. The van der Waals surface area contributed by atoms with Gasteiger partial charge in [-0.1, -0.05) is 0 Å². The molecule has 0 radical (unpaired) electrons. The van der Waals surface area contributed by atoms with E-state index < -0.39 is 42.5 Å². The summed E-state index contributed by atoms with van der Waals surface area (Å²) in [6.07, 6.45) is -3.84. The van der Waals surface area contributed by atoms with Crippen LogP contribution in [0, 0.1) is 0 Å². The van der Waals surface area contributed by atoms with Gasteiger partial charge in [0.1, 0.15) is 18.8 Å². The molecule has 4 unspecified atom stereocenters. The minimum Gasteiger partial charge on any atom is -0.463 e. The minimum absolute atomic E-state index is 0.0618. The van der Waals surface area contributed by atoms with Gasteiger partial charge in [-0.15, -0.1) is 0 Å². The van der Waals surface area contributed by atoms with E-state index in [0.717, 1.165) is 0 Å². The van der Waals surface area contributed by atoms with Crippen LogP contribution >= 0.6 is 0 Å². The number of aliphatic hydroxyl groups excluding tert-OH is 1. The minimum atomic E-state index is -1.37. The molecule has 4 atom stereocenters. The molecule has 1 aliphatic heterocycles. The predicted molar refractivity (Wildman–Crippen MR) is 63.2 cm³/mol. The van der Waals surface area contributed by atoms with Crippen LogP contribution in [0.4, 0.5) is 0 Å². The second-order valence-electron chi connectivity index (χ2n) is 4.40. The smallest absolute Gasteiger partial charge is 0.303 e. The Kier molecular flexibility index (Phi) is 5.90. The monoisotopic (exact) mass is 290 g/mol. The summed E-state index contributed by atoms with van der Waals surface area (Å²) in [6.45, 7) is 3.46. The zero-order valence-corrected chi connectivity index (χ0v) is 11.5. The summed E-state index contributed by atoms with van der Waals surface area (Å²) in [7, 11) is 0. The van der Waals surface area contributed by atoms with Crippen molar-refractivity contribution in [2.45, 2.75) is 51.8 Å². The Morgan fingerprint density at radius 1 is 1.05 bits per heavy atom. The van der Waals surface area contributed by atoms with Gasteiger partial charge in [-0.25, -0.2) is 0 Å². The number of rotatable bonds is 4. The highest BCUT2D eigenvalue weighted by molar-refractivity contribution is 5.67. The van der Waals surface area contributed by atoms with Gasteiger partial charge < -0.3 is 24.1 Å². The van der Waals surface area contributed by atoms with Crippen LogP contribution in [0.15, 0.2) is 0 Å². The third-order valence-electron chi connectivity index (χ3n) is 2.60. The van der Waals surface area contributed by atoms with Crippen molar-refractivity contribution in [1.82, 2.24) is 0 Å². The van der Waals surface area contributed by atoms with Gasteiger partial charge in [0.05, 0.1) is 0 Å². The van der Waals surface area contributed by atoms with E-state index in [0.29, 0.717) is 0 Å². The first-order chi connectivity index (χ1) is 9.29. The van der Waals surface area contributed by atoms with E-state index in [9.17, 15) is 19.5 Å². The lowest BCUT2D eigenvalue weighted by molar-refractivity contribution is -0.262. The van der Waals surface area contributed by atoms with Gasteiger partial charge in [0.25, 0.3) is 0 Å². The third-order valence-corrected chi connectivity index (χ3v) is 2.60. The number of ether oxygens (including phenoxy) is 4. The Labute approximate surface area is 115 Å². The lowest BCUT2D eigenvalue weighted by Crippen LogP contribution is -2.51. The van der Waals surface area contributed by atoms with Crippen molar-refractivity contribution in [3.63, 3.8) is 0 Å². The highest BCUT2D eigenvalue weighted by atomic mass is 16.7. The van der Waals surface area contributed by atoms with Crippen LogP contribution in [0.1, 0.15) is 27.2 Å². The number of aliphatic hydroxyl groups is 1. The number of hydrogen-bond donors (Lipinski definition) is 1. The standard InChI is InChI=1S/C12H18O8/c1-6(13)17-5-11-9(18-7(2)14)4-10(12(16)20-11)19-8(3)15/h9-12,16H,4-5H2,1-3H3. The molecule has 0 aromatic carbocycles. The lowest BCUT2D eigenvalue weighted by Gasteiger charge is -2.37. The number of carbonyl (C=O) groups excluding carboxylic acids is 3. The van der Waals surface area contributed by atoms with Crippen molar-refractivity contribution >= 4 is 17.9 Å². The summed E-state index contributed by atoms with van der Waals surface area (Å²) in [6, 6.07) is 0. The van der Waals surface area contributed by atoms with Crippen molar-refractivity contribution in [3.8, 4) is 0 Å². The first-order valence-corrected chi connectivity index (χ1v) is 6.11. The van der Waals surface area contributed by atoms with Crippen molar-refractivity contribution in [2.75, 3.05) is 6.61 Å². The maximum absolute atomic E-state index is 11.1. The average Bonchev–Trinajstić information content (AvgIpc) is 2.29. The molecule has 1 aliphatic rings. The highest BCUT2D eigenvalue weighted by Gasteiger charge is 2.41. The Morgan fingerprint density at radius 2 is 1.60 bits per heavy atom. The highest BCUT2D eigenvalue weighted by Crippen LogP contribution is 2.24. The second kappa shape index (κ2) is 7.20. The van der Waals surface area contributed by atoms with Crippen LogP contribution in [0.2, 0.25) is 0 Å². The van der Waals surface area contributed by atoms with E-state index in [-0.39, 0.29) is 13.0 Å². The predicted octanol–water partition coefficient (Wildman–Crippen LogP) is -0.480. The summed E-state index contributed by atoms with van der Waals surface area (Å²) in [5, 5.41) is 9.72. The Bertz CT molecular complexity index is 380. The molecule has 0 aromatic rings. The van der Waals surface area contributed by atoms with Crippen molar-refractivity contribution in [1.29, 1.82) is 0 Å². The molecule has 0 aromatic heterocycles. The first kappa shape index (κ1) is 16.4. The van der Waals surface area contributed by atoms with Crippen LogP contribution in [-0.4, -0.2) is 54.2 Å². The van der Waals surface area contributed by atoms with Gasteiger partial charge in [0, 0.05) is 27.2 Å². The molecule has 1 fully saturated rings. The van der Waals surface area contributed by atoms with Crippen molar-refractivity contribution in [2.24, 2.45) is 0 Å². The molecule has 0 spiro atoms. The van der Waals surface area contributed by atoms with Gasteiger partial charge in [-0.2, -0.15) is 0 Å². The molecule has 0 aliphatic carbocycles. The largest absolute Gasteiger partial charge is 0.463 e. The zero-order valence-electron chi connectivity index (χ0n) is 11.5. The third kappa shape index (κ3) is 5.14. The summed E-state index contributed by atoms with van der Waals surface area (Å²) < 4.78 is 19.9. The fourth-order valence-electron chi connectivity index (χ4n) is 1.85. The van der Waals surface area contributed by atoms with Crippen LogP contribution in [0.25, 0.3) is 0 Å². The number of carbonyl (C=O) groups is 3. The van der Waals surface area contributed by atoms with E-state index in [1.165, 1.54) is 20.8 Å². The summed E-state index contributed by atoms with van der Waals surface area (Å²) >= 11 is 0. The second-order valence-corrected chi connectivity index (χ2v) is 4.40. The lowest BCUT2D eigenvalue weighted by atomic mass is 10.0. The number of hydrogen-bond acceptors (Lipinski definition) is 8. The first-order valence-electron chi connectivity index (χ1n) is 6.11. The van der Waals surface area contributed by atoms with E-state index in [4.69, 9.17) is 18.9 Å². The molecular formula is C12H18O8. The average molecular weight is 290 g/mol. The fraction of sp³-hybridized carbons (Fsp3) is 0.750. The van der Waals surface area contributed by atoms with Crippen molar-refractivity contribution < 1.29 is 38.4 Å². The molecule has 1 heterocycles. The zero-order chi connectivity index (χ0) is 15.3. The van der Waals surface area contributed by atoms with Crippen molar-refractivity contribution in [3.05, 3.63) is 0 Å². The Morgan fingerprint density at radius 3 is 2.10 bits per heavy atom. The topological polar surface area (TPSA) is 108 Å². The molecule has 1 rings (SSSR count). The van der Waals surface area contributed by atoms with Crippen LogP contribution < -0.4 is 0 Å². The van der Waals surface area contributed by atoms with Crippen LogP contribution in [-0.2, 0) is 33.3 Å². The van der Waals surface area contributed by atoms with Gasteiger partial charge in [0.15, 0.2) is 12.4 Å². The molecule has 0 bridgehead atoms. The normalized spacial score (nSPS) is 29.4. The summed E-state index contributed by atoms with van der Waals surface area (Å²) in [5.41, 5.74) is 0.